The molecular weight excluding hydrogens is 280 g/mol. The third-order valence-corrected chi connectivity index (χ3v) is 4.01. The van der Waals surface area contributed by atoms with Crippen molar-refractivity contribution < 1.29 is 5.11 Å². The van der Waals surface area contributed by atoms with Gasteiger partial charge in [-0.05, 0) is 18.7 Å². The Morgan fingerprint density at radius 3 is 2.95 bits per heavy atom. The molecule has 0 aliphatic rings. The lowest BCUT2D eigenvalue weighted by atomic mass is 10.1. The average molecular weight is 297 g/mol. The third kappa shape index (κ3) is 4.01. The van der Waals surface area contributed by atoms with Crippen molar-refractivity contribution in [3.05, 3.63) is 40.9 Å². The number of aliphatic hydroxyl groups excluding tert-OH is 1. The van der Waals surface area contributed by atoms with Gasteiger partial charge in [0.1, 0.15) is 5.01 Å². The predicted octanol–water partition coefficient (Wildman–Crippen LogP) is 2.97. The van der Waals surface area contributed by atoms with E-state index in [2.05, 4.69) is 28.1 Å². The van der Waals surface area contributed by atoms with Crippen LogP contribution in [0.25, 0.3) is 10.6 Å². The molecule has 0 spiro atoms. The first kappa shape index (κ1) is 14.5. The Hall–Kier alpha value is -0.940. The zero-order valence-corrected chi connectivity index (χ0v) is 12.4. The van der Waals surface area contributed by atoms with E-state index in [-0.39, 0.29) is 6.61 Å². The first-order valence-electron chi connectivity index (χ1n) is 6.12. The highest BCUT2D eigenvalue weighted by Crippen LogP contribution is 2.25. The van der Waals surface area contributed by atoms with E-state index in [9.17, 15) is 0 Å². The van der Waals surface area contributed by atoms with E-state index in [0.717, 1.165) is 22.8 Å². The molecule has 1 aromatic carbocycles. The van der Waals surface area contributed by atoms with E-state index in [0.29, 0.717) is 12.4 Å². The monoisotopic (exact) mass is 296 g/mol. The Balaban J connectivity index is 2.14. The number of alkyl halides is 1. The molecular formula is C14H17ClN2OS. The molecule has 0 saturated heterocycles. The fourth-order valence-corrected chi connectivity index (χ4v) is 2.91. The first-order chi connectivity index (χ1) is 9.22. The molecule has 19 heavy (non-hydrogen) atoms. The van der Waals surface area contributed by atoms with Crippen LogP contribution in [0, 0.1) is 0 Å². The van der Waals surface area contributed by atoms with E-state index in [4.69, 9.17) is 16.7 Å². The summed E-state index contributed by atoms with van der Waals surface area (Å²) in [7, 11) is 2.00. The fraction of sp³-hybridized carbons (Fsp3) is 0.357. The Kier molecular flexibility index (Phi) is 5.34. The van der Waals surface area contributed by atoms with Gasteiger partial charge < -0.3 is 5.11 Å². The number of likely N-dealkylation sites (N-methyl/N-ethyl adjacent to an activating group) is 1. The molecule has 2 aromatic rings. The Morgan fingerprint density at radius 1 is 1.42 bits per heavy atom. The molecule has 0 bridgehead atoms. The van der Waals surface area contributed by atoms with Crippen LogP contribution in [-0.4, -0.2) is 35.2 Å². The topological polar surface area (TPSA) is 36.4 Å². The van der Waals surface area contributed by atoms with Crippen LogP contribution < -0.4 is 0 Å². The second-order valence-electron chi connectivity index (χ2n) is 4.44. The lowest BCUT2D eigenvalue weighted by molar-refractivity contribution is 0.217. The molecule has 0 saturated carbocycles. The van der Waals surface area contributed by atoms with Crippen LogP contribution in [0.5, 0.6) is 0 Å². The quantitative estimate of drug-likeness (QED) is 0.833. The lowest BCUT2D eigenvalue weighted by Crippen LogP contribution is -2.21. The average Bonchev–Trinajstić information content (AvgIpc) is 2.88. The molecule has 0 fully saturated rings. The van der Waals surface area contributed by atoms with Crippen LogP contribution in [0.3, 0.4) is 0 Å². The maximum atomic E-state index is 8.91. The smallest absolute Gasteiger partial charge is 0.123 e. The summed E-state index contributed by atoms with van der Waals surface area (Å²) in [5.74, 6) is 0.454. The Morgan fingerprint density at radius 2 is 2.26 bits per heavy atom. The minimum atomic E-state index is 0.182. The van der Waals surface area contributed by atoms with Gasteiger partial charge in [0.15, 0.2) is 0 Å². The molecule has 0 aliphatic carbocycles. The minimum absolute atomic E-state index is 0.182. The minimum Gasteiger partial charge on any atom is -0.395 e. The molecule has 3 nitrogen and oxygen atoms in total. The molecule has 5 heteroatoms. The normalized spacial score (nSPS) is 11.2. The summed E-state index contributed by atoms with van der Waals surface area (Å²) in [6.45, 7) is 1.68. The number of hydrogen-bond acceptors (Lipinski definition) is 4. The molecule has 0 unspecified atom stereocenters. The Bertz CT molecular complexity index is 530. The summed E-state index contributed by atoms with van der Waals surface area (Å²) in [5, 5.41) is 11.9. The zero-order valence-electron chi connectivity index (χ0n) is 10.8. The number of rotatable bonds is 6. The number of hydrogen-bond donors (Lipinski definition) is 1. The first-order valence-corrected chi connectivity index (χ1v) is 7.53. The van der Waals surface area contributed by atoms with Crippen LogP contribution in [-0.2, 0) is 12.4 Å². The number of halogens is 1. The van der Waals surface area contributed by atoms with E-state index in [1.807, 2.05) is 18.5 Å². The van der Waals surface area contributed by atoms with Crippen molar-refractivity contribution in [3.63, 3.8) is 0 Å². The largest absolute Gasteiger partial charge is 0.395 e. The summed E-state index contributed by atoms with van der Waals surface area (Å²) >= 11 is 7.39. The molecule has 0 aliphatic heterocycles. The Labute approximate surface area is 122 Å². The molecule has 1 heterocycles. The summed E-state index contributed by atoms with van der Waals surface area (Å²) < 4.78 is 0. The van der Waals surface area contributed by atoms with Gasteiger partial charge in [0.05, 0.1) is 18.2 Å². The van der Waals surface area contributed by atoms with Crippen LogP contribution in [0.4, 0.5) is 0 Å². The number of benzene rings is 1. The van der Waals surface area contributed by atoms with Crippen LogP contribution in [0.1, 0.15) is 11.3 Å². The van der Waals surface area contributed by atoms with Crippen molar-refractivity contribution in [1.29, 1.82) is 0 Å². The van der Waals surface area contributed by atoms with E-state index in [1.165, 1.54) is 5.56 Å². The van der Waals surface area contributed by atoms with Crippen molar-refractivity contribution in [1.82, 2.24) is 9.88 Å². The maximum absolute atomic E-state index is 8.91. The highest BCUT2D eigenvalue weighted by molar-refractivity contribution is 7.13. The number of nitrogens with zero attached hydrogens (tertiary/aromatic N) is 2. The molecule has 102 valence electrons. The molecule has 1 aromatic heterocycles. The summed E-state index contributed by atoms with van der Waals surface area (Å²) in [6.07, 6.45) is 0. The standard InChI is InChI=1S/C14H17ClN2OS/c1-17(5-6-18)9-11-3-2-4-12(7-11)14-16-13(8-15)10-19-14/h2-4,7,10,18H,5-6,8-9H2,1H3. The number of aromatic nitrogens is 1. The van der Waals surface area contributed by atoms with Crippen LogP contribution >= 0.6 is 22.9 Å². The fourth-order valence-electron chi connectivity index (χ4n) is 1.87. The van der Waals surface area contributed by atoms with Crippen LogP contribution in [0.2, 0.25) is 0 Å². The van der Waals surface area contributed by atoms with Crippen molar-refractivity contribution in [2.45, 2.75) is 12.4 Å². The second kappa shape index (κ2) is 7.01. The molecule has 0 radical (unpaired) electrons. The molecule has 2 rings (SSSR count). The van der Waals surface area contributed by atoms with Crippen molar-refractivity contribution in [2.24, 2.45) is 0 Å². The number of aliphatic hydroxyl groups is 1. The van der Waals surface area contributed by atoms with Crippen molar-refractivity contribution in [2.75, 3.05) is 20.2 Å². The van der Waals surface area contributed by atoms with Gasteiger partial charge in [0.25, 0.3) is 0 Å². The molecule has 1 N–H and O–H groups in total. The predicted molar refractivity (Wildman–Crippen MR) is 80.5 cm³/mol. The van der Waals surface area contributed by atoms with Gasteiger partial charge >= 0.3 is 0 Å². The van der Waals surface area contributed by atoms with Gasteiger partial charge in [0, 0.05) is 24.0 Å². The van der Waals surface area contributed by atoms with Gasteiger partial charge in [-0.2, -0.15) is 0 Å². The summed E-state index contributed by atoms with van der Waals surface area (Å²) in [4.78, 5) is 6.58. The third-order valence-electron chi connectivity index (χ3n) is 2.80. The number of thiazole rings is 1. The maximum Gasteiger partial charge on any atom is 0.123 e. The van der Waals surface area contributed by atoms with Gasteiger partial charge in [0.2, 0.25) is 0 Å². The SMILES string of the molecule is CN(CCO)Cc1cccc(-c2nc(CCl)cs2)c1. The van der Waals surface area contributed by atoms with Crippen LogP contribution in [0.15, 0.2) is 29.6 Å². The zero-order chi connectivity index (χ0) is 13.7. The summed E-state index contributed by atoms with van der Waals surface area (Å²) in [5.41, 5.74) is 3.26. The van der Waals surface area contributed by atoms with Gasteiger partial charge in [-0.1, -0.05) is 18.2 Å². The molecule has 0 amide bonds. The highest BCUT2D eigenvalue weighted by Gasteiger charge is 2.06. The van der Waals surface area contributed by atoms with Crippen molar-refractivity contribution >= 4 is 22.9 Å². The lowest BCUT2D eigenvalue weighted by Gasteiger charge is -2.15. The van der Waals surface area contributed by atoms with Gasteiger partial charge in [-0.25, -0.2) is 4.98 Å². The molecule has 0 atom stereocenters. The van der Waals surface area contributed by atoms with E-state index in [1.54, 1.807) is 11.3 Å². The van der Waals surface area contributed by atoms with Gasteiger partial charge in [-0.15, -0.1) is 22.9 Å². The second-order valence-corrected chi connectivity index (χ2v) is 5.56. The van der Waals surface area contributed by atoms with E-state index < -0.39 is 0 Å². The van der Waals surface area contributed by atoms with E-state index >= 15 is 0 Å². The summed E-state index contributed by atoms with van der Waals surface area (Å²) in [6, 6.07) is 8.34. The van der Waals surface area contributed by atoms with Crippen molar-refractivity contribution in [3.8, 4) is 10.6 Å². The highest BCUT2D eigenvalue weighted by atomic mass is 35.5. The van der Waals surface area contributed by atoms with Gasteiger partial charge in [-0.3, -0.25) is 4.90 Å².